The molecule has 0 saturated carbocycles. The van der Waals surface area contributed by atoms with Crippen LogP contribution in [0.25, 0.3) is 11.3 Å². The smallest absolute Gasteiger partial charge is 0.416 e. The Bertz CT molecular complexity index is 1120. The maximum Gasteiger partial charge on any atom is 0.416 e. The van der Waals surface area contributed by atoms with Crippen LogP contribution in [0.15, 0.2) is 60.7 Å². The molecule has 3 rings (SSSR count). The van der Waals surface area contributed by atoms with E-state index in [2.05, 4.69) is 4.98 Å². The van der Waals surface area contributed by atoms with Crippen molar-refractivity contribution in [1.82, 2.24) is 9.88 Å². The summed E-state index contributed by atoms with van der Waals surface area (Å²) >= 11 is 0. The summed E-state index contributed by atoms with van der Waals surface area (Å²) in [5.41, 5.74) is 0.452. The van der Waals surface area contributed by atoms with Crippen molar-refractivity contribution < 1.29 is 32.9 Å². The minimum atomic E-state index is -4.59. The van der Waals surface area contributed by atoms with Crippen LogP contribution in [0.4, 0.5) is 13.2 Å². The van der Waals surface area contributed by atoms with Crippen LogP contribution in [0, 0.1) is 0 Å². The predicted octanol–water partition coefficient (Wildman–Crippen LogP) is 4.68. The largest absolute Gasteiger partial charge is 0.457 e. The van der Waals surface area contributed by atoms with E-state index in [0.29, 0.717) is 29.2 Å². The van der Waals surface area contributed by atoms with Crippen LogP contribution in [0.5, 0.6) is 11.5 Å². The molecule has 1 atom stereocenters. The maximum atomic E-state index is 13.2. The van der Waals surface area contributed by atoms with Gasteiger partial charge in [-0.2, -0.15) is 13.2 Å². The van der Waals surface area contributed by atoms with Crippen LogP contribution in [0.3, 0.4) is 0 Å². The van der Waals surface area contributed by atoms with E-state index in [1.807, 2.05) is 0 Å². The third-order valence-electron chi connectivity index (χ3n) is 5.02. The lowest BCUT2D eigenvalue weighted by Gasteiger charge is -2.19. The van der Waals surface area contributed by atoms with Crippen LogP contribution in [0.1, 0.15) is 34.6 Å². The molecule has 2 N–H and O–H groups in total. The van der Waals surface area contributed by atoms with Gasteiger partial charge in [0, 0.05) is 19.2 Å². The number of rotatable bonds is 7. The number of aromatic nitrogens is 1. The number of ether oxygens (including phenoxy) is 1. The van der Waals surface area contributed by atoms with Gasteiger partial charge in [-0.05, 0) is 61.5 Å². The Morgan fingerprint density at radius 1 is 1.12 bits per heavy atom. The molecule has 0 unspecified atom stereocenters. The minimum Gasteiger partial charge on any atom is -0.457 e. The lowest BCUT2D eigenvalue weighted by molar-refractivity contribution is -0.137. The highest BCUT2D eigenvalue weighted by Gasteiger charge is 2.32. The summed E-state index contributed by atoms with van der Waals surface area (Å²) in [7, 11) is 1.50. The Hall–Kier alpha value is -3.43. The number of carbonyl (C=O) groups is 1. The molecule has 2 aromatic carbocycles. The fourth-order valence-electron chi connectivity index (χ4n) is 3.02. The van der Waals surface area contributed by atoms with Gasteiger partial charge in [0.15, 0.2) is 0 Å². The first kappa shape index (κ1) is 24.2. The molecule has 9 heteroatoms. The van der Waals surface area contributed by atoms with E-state index < -0.39 is 30.4 Å². The molecule has 0 aliphatic carbocycles. The summed E-state index contributed by atoms with van der Waals surface area (Å²) < 4.78 is 45.3. The number of hydrogen-bond acceptors (Lipinski definition) is 5. The first-order chi connectivity index (χ1) is 15.6. The van der Waals surface area contributed by atoms with Gasteiger partial charge in [0.05, 0.1) is 29.1 Å². The second-order valence-electron chi connectivity index (χ2n) is 7.30. The van der Waals surface area contributed by atoms with E-state index in [4.69, 9.17) is 9.84 Å². The lowest BCUT2D eigenvalue weighted by Crippen LogP contribution is -2.27. The number of carbonyl (C=O) groups excluding carboxylic acids is 1. The Kier molecular flexibility index (Phi) is 7.35. The van der Waals surface area contributed by atoms with E-state index in [1.165, 1.54) is 11.9 Å². The van der Waals surface area contributed by atoms with Gasteiger partial charge in [0.1, 0.15) is 17.6 Å². The average Bonchev–Trinajstić information content (AvgIpc) is 2.82. The summed E-state index contributed by atoms with van der Waals surface area (Å²) in [6.07, 6.45) is -5.69. The number of aliphatic hydroxyl groups is 2. The fourth-order valence-corrected chi connectivity index (χ4v) is 3.02. The van der Waals surface area contributed by atoms with Gasteiger partial charge in [-0.1, -0.05) is 6.07 Å². The Balaban J connectivity index is 1.90. The molecule has 0 aliphatic heterocycles. The van der Waals surface area contributed by atoms with Crippen molar-refractivity contribution >= 4 is 5.91 Å². The zero-order valence-electron chi connectivity index (χ0n) is 18.0. The Morgan fingerprint density at radius 3 is 2.42 bits per heavy atom. The number of nitrogens with zero attached hydrogens (tertiary/aromatic N) is 2. The molecule has 0 bridgehead atoms. The standard InChI is InChI=1S/C24H23F3N2O4/c1-3-29(2)23(32)18-13-16(24(25,26)27)9-12-22(18)33-17-10-7-15(8-11-17)19-5-4-6-20(28-19)21(31)14-30/h4-13,21,30-31H,3,14H2,1-2H3/t21-/m1/s1. The Morgan fingerprint density at radius 2 is 1.82 bits per heavy atom. The molecule has 33 heavy (non-hydrogen) atoms. The van der Waals surface area contributed by atoms with Crippen molar-refractivity contribution in [2.45, 2.75) is 19.2 Å². The van der Waals surface area contributed by atoms with Gasteiger partial charge >= 0.3 is 6.18 Å². The highest BCUT2D eigenvalue weighted by molar-refractivity contribution is 5.97. The van der Waals surface area contributed by atoms with Crippen molar-refractivity contribution in [3.05, 3.63) is 77.5 Å². The van der Waals surface area contributed by atoms with Gasteiger partial charge < -0.3 is 19.8 Å². The lowest BCUT2D eigenvalue weighted by atomic mass is 10.1. The Labute approximate surface area is 188 Å². The molecule has 1 aromatic heterocycles. The zero-order valence-corrected chi connectivity index (χ0v) is 18.0. The minimum absolute atomic E-state index is 0.00670. The van der Waals surface area contributed by atoms with Crippen LogP contribution < -0.4 is 4.74 Å². The highest BCUT2D eigenvalue weighted by Crippen LogP contribution is 2.35. The second-order valence-corrected chi connectivity index (χ2v) is 7.30. The molecule has 0 spiro atoms. The molecule has 0 saturated heterocycles. The summed E-state index contributed by atoms with van der Waals surface area (Å²) in [5, 5.41) is 18.9. The molecule has 0 radical (unpaired) electrons. The number of hydrogen-bond donors (Lipinski definition) is 2. The second kappa shape index (κ2) is 10.0. The molecule has 1 amide bonds. The maximum absolute atomic E-state index is 13.2. The number of amides is 1. The van der Waals surface area contributed by atoms with Crippen molar-refractivity contribution in [3.8, 4) is 22.8 Å². The van der Waals surface area contributed by atoms with Crippen molar-refractivity contribution in [3.63, 3.8) is 0 Å². The van der Waals surface area contributed by atoms with Gasteiger partial charge in [0.2, 0.25) is 0 Å². The number of aliphatic hydroxyl groups excluding tert-OH is 2. The summed E-state index contributed by atoms with van der Waals surface area (Å²) in [6.45, 7) is 1.58. The zero-order chi connectivity index (χ0) is 24.2. The van der Waals surface area contributed by atoms with Gasteiger partial charge in [0.25, 0.3) is 5.91 Å². The van der Waals surface area contributed by atoms with Crippen LogP contribution in [-0.2, 0) is 6.18 Å². The summed E-state index contributed by atoms with van der Waals surface area (Å²) in [4.78, 5) is 18.3. The monoisotopic (exact) mass is 460 g/mol. The first-order valence-electron chi connectivity index (χ1n) is 10.1. The van der Waals surface area contributed by atoms with Crippen LogP contribution in [0.2, 0.25) is 0 Å². The van der Waals surface area contributed by atoms with E-state index in [-0.39, 0.29) is 11.3 Å². The van der Waals surface area contributed by atoms with E-state index in [1.54, 1.807) is 49.4 Å². The van der Waals surface area contributed by atoms with Gasteiger partial charge in [-0.3, -0.25) is 4.79 Å². The molecule has 0 fully saturated rings. The molecule has 0 aliphatic rings. The van der Waals surface area contributed by atoms with Crippen LogP contribution in [-0.4, -0.2) is 46.2 Å². The molecule has 1 heterocycles. The molecular weight excluding hydrogens is 437 g/mol. The number of benzene rings is 2. The summed E-state index contributed by atoms with van der Waals surface area (Å²) in [5.74, 6) is -0.260. The normalized spacial score (nSPS) is 12.3. The van der Waals surface area contributed by atoms with Crippen molar-refractivity contribution in [2.24, 2.45) is 0 Å². The number of halogens is 3. The topological polar surface area (TPSA) is 82.9 Å². The van der Waals surface area contributed by atoms with Crippen molar-refractivity contribution in [1.29, 1.82) is 0 Å². The SMILES string of the molecule is CCN(C)C(=O)c1cc(C(F)(F)F)ccc1Oc1ccc(-c2cccc([C@H](O)CO)n2)cc1. The third-order valence-corrected chi connectivity index (χ3v) is 5.02. The predicted molar refractivity (Wildman–Crippen MR) is 116 cm³/mol. The van der Waals surface area contributed by atoms with E-state index >= 15 is 0 Å². The molecular formula is C24H23F3N2O4. The highest BCUT2D eigenvalue weighted by atomic mass is 19.4. The molecule has 174 valence electrons. The van der Waals surface area contributed by atoms with E-state index in [9.17, 15) is 23.1 Å². The molecule has 6 nitrogen and oxygen atoms in total. The van der Waals surface area contributed by atoms with Crippen molar-refractivity contribution in [2.75, 3.05) is 20.2 Å². The quantitative estimate of drug-likeness (QED) is 0.535. The van der Waals surface area contributed by atoms with Gasteiger partial charge in [-0.15, -0.1) is 0 Å². The molecule has 3 aromatic rings. The number of pyridine rings is 1. The van der Waals surface area contributed by atoms with E-state index in [0.717, 1.165) is 18.2 Å². The van der Waals surface area contributed by atoms with Crippen LogP contribution >= 0.6 is 0 Å². The summed E-state index contributed by atoms with van der Waals surface area (Å²) in [6, 6.07) is 14.4. The average molecular weight is 460 g/mol. The third kappa shape index (κ3) is 5.68. The van der Waals surface area contributed by atoms with Gasteiger partial charge in [-0.25, -0.2) is 4.98 Å². The fraction of sp³-hybridized carbons (Fsp3) is 0.250. The number of alkyl halides is 3. The first-order valence-corrected chi connectivity index (χ1v) is 10.1.